The summed E-state index contributed by atoms with van der Waals surface area (Å²) in [5.74, 6) is -0.189. The number of ether oxygens (including phenoxy) is 2. The molecule has 5 heteroatoms. The van der Waals surface area contributed by atoms with Crippen molar-refractivity contribution in [1.29, 1.82) is 0 Å². The molecule has 1 heterocycles. The SMILES string of the molecule is Cc1ccccc1C(=O)Oc1ccc(C=C2N=C(c3ccccc3C)OC2=O)cc1. The van der Waals surface area contributed by atoms with E-state index in [9.17, 15) is 9.59 Å². The zero-order valence-electron chi connectivity index (χ0n) is 16.6. The number of cyclic esters (lactones) is 1. The van der Waals surface area contributed by atoms with Crippen LogP contribution >= 0.6 is 0 Å². The molecule has 0 saturated carbocycles. The van der Waals surface area contributed by atoms with E-state index in [2.05, 4.69) is 4.99 Å². The van der Waals surface area contributed by atoms with Crippen LogP contribution in [-0.2, 0) is 9.53 Å². The lowest BCUT2D eigenvalue weighted by Crippen LogP contribution is -2.09. The number of aryl methyl sites for hydroxylation is 2. The first-order valence-corrected chi connectivity index (χ1v) is 9.48. The van der Waals surface area contributed by atoms with Crippen molar-refractivity contribution in [2.45, 2.75) is 13.8 Å². The zero-order chi connectivity index (χ0) is 21.1. The number of aliphatic imine (C=N–C) groups is 1. The van der Waals surface area contributed by atoms with E-state index in [0.29, 0.717) is 17.2 Å². The molecule has 4 rings (SSSR count). The van der Waals surface area contributed by atoms with Crippen LogP contribution in [0.3, 0.4) is 0 Å². The van der Waals surface area contributed by atoms with E-state index in [0.717, 1.165) is 22.3 Å². The topological polar surface area (TPSA) is 65.0 Å². The van der Waals surface area contributed by atoms with E-state index in [1.54, 1.807) is 42.5 Å². The standard InChI is InChI=1S/C25H19NO4/c1-16-7-3-5-9-20(16)23-26-22(25(28)30-23)15-18-11-13-19(14-12-18)29-24(27)21-10-6-4-8-17(21)2/h3-15H,1-2H3. The minimum Gasteiger partial charge on any atom is -0.423 e. The zero-order valence-corrected chi connectivity index (χ0v) is 16.6. The number of hydrogen-bond acceptors (Lipinski definition) is 5. The number of nitrogens with zero attached hydrogens (tertiary/aromatic N) is 1. The van der Waals surface area contributed by atoms with Gasteiger partial charge in [0, 0.05) is 5.56 Å². The van der Waals surface area contributed by atoms with Gasteiger partial charge in [-0.25, -0.2) is 14.6 Å². The monoisotopic (exact) mass is 397 g/mol. The van der Waals surface area contributed by atoms with Crippen LogP contribution in [0, 0.1) is 13.8 Å². The van der Waals surface area contributed by atoms with Gasteiger partial charge >= 0.3 is 11.9 Å². The van der Waals surface area contributed by atoms with E-state index >= 15 is 0 Å². The fourth-order valence-corrected chi connectivity index (χ4v) is 3.09. The lowest BCUT2D eigenvalue weighted by Gasteiger charge is -2.06. The Labute approximate surface area is 174 Å². The Balaban J connectivity index is 1.51. The molecule has 0 fully saturated rings. The molecule has 5 nitrogen and oxygen atoms in total. The molecule has 1 aliphatic rings. The Morgan fingerprint density at radius 2 is 1.57 bits per heavy atom. The maximum absolute atomic E-state index is 12.3. The van der Waals surface area contributed by atoms with E-state index in [1.165, 1.54) is 0 Å². The summed E-state index contributed by atoms with van der Waals surface area (Å²) >= 11 is 0. The van der Waals surface area contributed by atoms with Gasteiger partial charge < -0.3 is 9.47 Å². The van der Waals surface area contributed by atoms with Crippen molar-refractivity contribution in [2.24, 2.45) is 4.99 Å². The van der Waals surface area contributed by atoms with E-state index in [4.69, 9.17) is 9.47 Å². The summed E-state index contributed by atoms with van der Waals surface area (Å²) in [6.45, 7) is 3.79. The molecule has 0 saturated heterocycles. The summed E-state index contributed by atoms with van der Waals surface area (Å²) in [7, 11) is 0. The highest BCUT2D eigenvalue weighted by molar-refractivity contribution is 6.13. The molecule has 0 bridgehead atoms. The molecule has 1 aliphatic heterocycles. The van der Waals surface area contributed by atoms with Crippen LogP contribution in [0.4, 0.5) is 0 Å². The first-order chi connectivity index (χ1) is 14.5. The fourth-order valence-electron chi connectivity index (χ4n) is 3.09. The molecule has 0 aromatic heterocycles. The normalized spacial score (nSPS) is 14.4. The Bertz CT molecular complexity index is 1190. The van der Waals surface area contributed by atoms with Crippen molar-refractivity contribution in [3.8, 4) is 5.75 Å². The van der Waals surface area contributed by atoms with Gasteiger partial charge in [0.2, 0.25) is 5.90 Å². The maximum Gasteiger partial charge on any atom is 0.363 e. The highest BCUT2D eigenvalue weighted by Crippen LogP contribution is 2.22. The Morgan fingerprint density at radius 3 is 2.27 bits per heavy atom. The largest absolute Gasteiger partial charge is 0.423 e. The van der Waals surface area contributed by atoms with Gasteiger partial charge in [-0.3, -0.25) is 0 Å². The Morgan fingerprint density at radius 1 is 0.900 bits per heavy atom. The summed E-state index contributed by atoms with van der Waals surface area (Å²) in [5, 5.41) is 0. The predicted molar refractivity (Wildman–Crippen MR) is 114 cm³/mol. The second-order valence-electron chi connectivity index (χ2n) is 6.92. The molecule has 0 unspecified atom stereocenters. The van der Waals surface area contributed by atoms with Crippen LogP contribution in [0.1, 0.15) is 32.6 Å². The van der Waals surface area contributed by atoms with Crippen molar-refractivity contribution in [2.75, 3.05) is 0 Å². The lowest BCUT2D eigenvalue weighted by atomic mass is 10.1. The third-order valence-corrected chi connectivity index (χ3v) is 4.75. The van der Waals surface area contributed by atoms with Crippen LogP contribution in [0.25, 0.3) is 6.08 Å². The number of rotatable bonds is 4. The number of hydrogen-bond donors (Lipinski definition) is 0. The average molecular weight is 397 g/mol. The lowest BCUT2D eigenvalue weighted by molar-refractivity contribution is -0.129. The number of esters is 2. The third kappa shape index (κ3) is 4.05. The van der Waals surface area contributed by atoms with Gasteiger partial charge in [0.15, 0.2) is 5.70 Å². The van der Waals surface area contributed by atoms with Gasteiger partial charge in [-0.2, -0.15) is 0 Å². The molecular formula is C25H19NO4. The number of carbonyl (C=O) groups excluding carboxylic acids is 2. The molecule has 0 spiro atoms. The van der Waals surface area contributed by atoms with Crippen molar-refractivity contribution >= 4 is 23.9 Å². The smallest absolute Gasteiger partial charge is 0.363 e. The summed E-state index contributed by atoms with van der Waals surface area (Å²) in [4.78, 5) is 28.9. The molecule has 0 aliphatic carbocycles. The van der Waals surface area contributed by atoms with E-state index in [-0.39, 0.29) is 5.70 Å². The average Bonchev–Trinajstić information content (AvgIpc) is 3.10. The van der Waals surface area contributed by atoms with Gasteiger partial charge in [0.05, 0.1) is 5.56 Å². The first kappa shape index (κ1) is 19.3. The molecule has 148 valence electrons. The molecule has 0 atom stereocenters. The van der Waals surface area contributed by atoms with Crippen molar-refractivity contribution in [3.63, 3.8) is 0 Å². The van der Waals surface area contributed by atoms with E-state index < -0.39 is 11.9 Å². The first-order valence-electron chi connectivity index (χ1n) is 9.48. The van der Waals surface area contributed by atoms with Gasteiger partial charge in [-0.15, -0.1) is 0 Å². The highest BCUT2D eigenvalue weighted by atomic mass is 16.6. The van der Waals surface area contributed by atoms with Gasteiger partial charge in [-0.1, -0.05) is 48.5 Å². The number of benzene rings is 3. The van der Waals surface area contributed by atoms with Gasteiger partial charge in [0.25, 0.3) is 0 Å². The van der Waals surface area contributed by atoms with Crippen LogP contribution < -0.4 is 4.74 Å². The molecule has 30 heavy (non-hydrogen) atoms. The van der Waals surface area contributed by atoms with Crippen LogP contribution in [0.2, 0.25) is 0 Å². The van der Waals surface area contributed by atoms with Crippen molar-refractivity contribution in [3.05, 3.63) is 106 Å². The van der Waals surface area contributed by atoms with Crippen LogP contribution in [-0.4, -0.2) is 17.8 Å². The van der Waals surface area contributed by atoms with Crippen molar-refractivity contribution in [1.82, 2.24) is 0 Å². The molecule has 0 N–H and O–H groups in total. The Hall–Kier alpha value is -3.99. The fraction of sp³-hybridized carbons (Fsp3) is 0.0800. The van der Waals surface area contributed by atoms with Crippen LogP contribution in [0.5, 0.6) is 5.75 Å². The highest BCUT2D eigenvalue weighted by Gasteiger charge is 2.24. The number of carbonyl (C=O) groups is 2. The maximum atomic E-state index is 12.3. The summed E-state index contributed by atoms with van der Waals surface area (Å²) in [5.41, 5.74) is 4.10. The second kappa shape index (κ2) is 8.17. The van der Waals surface area contributed by atoms with Gasteiger partial charge in [0.1, 0.15) is 5.75 Å². The molecule has 3 aromatic carbocycles. The minimum atomic E-state index is -0.497. The minimum absolute atomic E-state index is 0.220. The molecular weight excluding hydrogens is 378 g/mol. The second-order valence-corrected chi connectivity index (χ2v) is 6.92. The molecule has 0 radical (unpaired) electrons. The van der Waals surface area contributed by atoms with Crippen molar-refractivity contribution < 1.29 is 19.1 Å². The van der Waals surface area contributed by atoms with Crippen LogP contribution in [0.15, 0.2) is 83.5 Å². The molecule has 3 aromatic rings. The summed E-state index contributed by atoms with van der Waals surface area (Å²) in [6, 6.07) is 21.7. The predicted octanol–water partition coefficient (Wildman–Crippen LogP) is 4.87. The Kier molecular flexibility index (Phi) is 5.26. The third-order valence-electron chi connectivity index (χ3n) is 4.75. The summed E-state index contributed by atoms with van der Waals surface area (Å²) in [6.07, 6.45) is 1.64. The summed E-state index contributed by atoms with van der Waals surface area (Å²) < 4.78 is 10.8. The quantitative estimate of drug-likeness (QED) is 0.358. The van der Waals surface area contributed by atoms with E-state index in [1.807, 2.05) is 50.2 Å². The van der Waals surface area contributed by atoms with Gasteiger partial charge in [-0.05, 0) is 60.9 Å². The molecule has 0 amide bonds.